The first-order valence-corrected chi connectivity index (χ1v) is 9.03. The zero-order chi connectivity index (χ0) is 20.5. The van der Waals surface area contributed by atoms with Gasteiger partial charge < -0.3 is 14.2 Å². The fraction of sp³-hybridized carbons (Fsp3) is 0.182. The zero-order valence-electron chi connectivity index (χ0n) is 15.9. The molecular weight excluding hydrogens is 372 g/mol. The molecule has 0 unspecified atom stereocenters. The molecule has 0 spiro atoms. The van der Waals surface area contributed by atoms with Gasteiger partial charge in [0.1, 0.15) is 42.8 Å². The van der Waals surface area contributed by atoms with Crippen molar-refractivity contribution >= 4 is 11.4 Å². The normalized spacial score (nSPS) is 10.2. The maximum Gasteiger partial charge on any atom is 0.153 e. The van der Waals surface area contributed by atoms with Crippen LogP contribution in [0.2, 0.25) is 0 Å². The van der Waals surface area contributed by atoms with Gasteiger partial charge in [0, 0.05) is 6.07 Å². The van der Waals surface area contributed by atoms with Gasteiger partial charge in [-0.1, -0.05) is 36.4 Å². The van der Waals surface area contributed by atoms with Crippen molar-refractivity contribution in [1.82, 2.24) is 0 Å². The van der Waals surface area contributed by atoms with Crippen molar-refractivity contribution in [3.05, 3.63) is 87.7 Å². The lowest BCUT2D eigenvalue weighted by atomic mass is 10.2. The Morgan fingerprint density at radius 1 is 0.724 bits per heavy atom. The molecule has 0 aromatic heterocycles. The van der Waals surface area contributed by atoms with E-state index in [0.717, 1.165) is 11.1 Å². The molecule has 148 valence electrons. The molecule has 0 radical (unpaired) electrons. The van der Waals surface area contributed by atoms with Crippen LogP contribution < -0.4 is 14.2 Å². The highest BCUT2D eigenvalue weighted by Gasteiger charge is 2.09. The van der Waals surface area contributed by atoms with Crippen molar-refractivity contribution in [1.29, 1.82) is 0 Å². The van der Waals surface area contributed by atoms with Crippen molar-refractivity contribution < 1.29 is 14.2 Å². The quantitative estimate of drug-likeness (QED) is 0.320. The molecule has 3 aromatic carbocycles. The maximum atomic E-state index is 11.2. The summed E-state index contributed by atoms with van der Waals surface area (Å²) in [6.45, 7) is 2.62. The standard InChI is InChI=1S/C22H20N2O5/c1-16-7-9-19(23-25)22(13-16)28-12-11-27-21-10-8-18(14-20(21)24-26)29-15-17-5-3-2-4-6-17/h2-10,13-14H,11-12,15H2,1H3. The molecule has 0 aliphatic heterocycles. The van der Waals surface area contributed by atoms with Crippen LogP contribution >= 0.6 is 0 Å². The van der Waals surface area contributed by atoms with Crippen LogP contribution in [0.3, 0.4) is 0 Å². The van der Waals surface area contributed by atoms with E-state index in [0.29, 0.717) is 23.9 Å². The molecule has 7 heteroatoms. The van der Waals surface area contributed by atoms with Crippen LogP contribution in [-0.4, -0.2) is 13.2 Å². The molecule has 0 amide bonds. The number of hydrogen-bond acceptors (Lipinski definition) is 7. The van der Waals surface area contributed by atoms with E-state index in [1.807, 2.05) is 37.3 Å². The fourth-order valence-electron chi connectivity index (χ4n) is 2.64. The molecule has 0 saturated heterocycles. The largest absolute Gasteiger partial charge is 0.489 e. The topological polar surface area (TPSA) is 86.6 Å². The zero-order valence-corrected chi connectivity index (χ0v) is 15.9. The smallest absolute Gasteiger partial charge is 0.153 e. The number of nitroso groups, excluding NO2 is 2. The SMILES string of the molecule is Cc1ccc(N=O)c(OCCOc2ccc(OCc3ccccc3)cc2N=O)c1. The number of aryl methyl sites for hydroxylation is 1. The predicted octanol–water partition coefficient (Wildman–Crippen LogP) is 5.83. The molecule has 0 aliphatic rings. The van der Waals surface area contributed by atoms with E-state index in [1.54, 1.807) is 30.3 Å². The van der Waals surface area contributed by atoms with Crippen LogP contribution in [0, 0.1) is 16.7 Å². The number of nitrogens with zero attached hydrogens (tertiary/aromatic N) is 2. The lowest BCUT2D eigenvalue weighted by Crippen LogP contribution is -2.09. The summed E-state index contributed by atoms with van der Waals surface area (Å²) in [5.41, 5.74) is 2.34. The van der Waals surface area contributed by atoms with Crippen LogP contribution in [0.5, 0.6) is 17.2 Å². The van der Waals surface area contributed by atoms with E-state index in [9.17, 15) is 9.81 Å². The lowest BCUT2D eigenvalue weighted by molar-refractivity contribution is 0.218. The van der Waals surface area contributed by atoms with Crippen molar-refractivity contribution in [3.8, 4) is 17.2 Å². The first-order chi connectivity index (χ1) is 14.2. The third-order valence-corrected chi connectivity index (χ3v) is 4.09. The van der Waals surface area contributed by atoms with Gasteiger partial charge in [-0.15, -0.1) is 9.81 Å². The second kappa shape index (κ2) is 9.98. The fourth-order valence-corrected chi connectivity index (χ4v) is 2.64. The number of ether oxygens (including phenoxy) is 3. The number of benzene rings is 3. The molecule has 0 bridgehead atoms. The van der Waals surface area contributed by atoms with Crippen LogP contribution in [0.25, 0.3) is 0 Å². The Kier molecular flexibility index (Phi) is 6.89. The van der Waals surface area contributed by atoms with Crippen molar-refractivity contribution in [2.24, 2.45) is 10.4 Å². The van der Waals surface area contributed by atoms with Gasteiger partial charge in [0.25, 0.3) is 0 Å². The minimum Gasteiger partial charge on any atom is -0.489 e. The molecule has 7 nitrogen and oxygen atoms in total. The van der Waals surface area contributed by atoms with E-state index in [4.69, 9.17) is 14.2 Å². The number of rotatable bonds is 10. The minimum atomic E-state index is 0.140. The monoisotopic (exact) mass is 392 g/mol. The molecule has 0 saturated carbocycles. The second-order valence-electron chi connectivity index (χ2n) is 6.25. The summed E-state index contributed by atoms with van der Waals surface area (Å²) < 4.78 is 16.8. The molecule has 29 heavy (non-hydrogen) atoms. The number of hydrogen-bond donors (Lipinski definition) is 0. The van der Waals surface area contributed by atoms with Gasteiger partial charge >= 0.3 is 0 Å². The van der Waals surface area contributed by atoms with Gasteiger partial charge in [0.15, 0.2) is 5.69 Å². The Bertz CT molecular complexity index is 976. The van der Waals surface area contributed by atoms with Crippen LogP contribution in [0.1, 0.15) is 11.1 Å². The summed E-state index contributed by atoms with van der Waals surface area (Å²) in [4.78, 5) is 22.0. The highest BCUT2D eigenvalue weighted by Crippen LogP contribution is 2.32. The van der Waals surface area contributed by atoms with Gasteiger partial charge in [-0.25, -0.2) is 0 Å². The van der Waals surface area contributed by atoms with E-state index >= 15 is 0 Å². The van der Waals surface area contributed by atoms with Gasteiger partial charge in [-0.3, -0.25) is 0 Å². The van der Waals surface area contributed by atoms with Crippen molar-refractivity contribution in [2.45, 2.75) is 13.5 Å². The van der Waals surface area contributed by atoms with Crippen molar-refractivity contribution in [3.63, 3.8) is 0 Å². The first-order valence-electron chi connectivity index (χ1n) is 9.03. The first kappa shape index (κ1) is 20.0. The molecule has 0 aliphatic carbocycles. The Hall–Kier alpha value is -3.74. The molecule has 0 atom stereocenters. The molecule has 0 N–H and O–H groups in total. The minimum absolute atomic E-state index is 0.140. The van der Waals surface area contributed by atoms with E-state index in [2.05, 4.69) is 10.4 Å². The highest BCUT2D eigenvalue weighted by molar-refractivity contribution is 5.55. The molecular formula is C22H20N2O5. The average Bonchev–Trinajstić information content (AvgIpc) is 2.76. The van der Waals surface area contributed by atoms with E-state index in [1.165, 1.54) is 6.07 Å². The summed E-state index contributed by atoms with van der Waals surface area (Å²) >= 11 is 0. The van der Waals surface area contributed by atoms with Crippen LogP contribution in [-0.2, 0) is 6.61 Å². The second-order valence-corrected chi connectivity index (χ2v) is 6.25. The molecule has 3 rings (SSSR count). The maximum absolute atomic E-state index is 11.2. The van der Waals surface area contributed by atoms with Crippen molar-refractivity contribution in [2.75, 3.05) is 13.2 Å². The summed E-state index contributed by atoms with van der Waals surface area (Å²) in [6.07, 6.45) is 0. The summed E-state index contributed by atoms with van der Waals surface area (Å²) in [7, 11) is 0. The molecule has 0 heterocycles. The Labute approximate surface area is 168 Å². The molecule has 3 aromatic rings. The average molecular weight is 392 g/mol. The van der Waals surface area contributed by atoms with E-state index in [-0.39, 0.29) is 24.6 Å². The third-order valence-electron chi connectivity index (χ3n) is 4.09. The van der Waals surface area contributed by atoms with Gasteiger partial charge in [-0.05, 0) is 52.7 Å². The summed E-state index contributed by atoms with van der Waals surface area (Å²) in [6, 6.07) is 19.7. The van der Waals surface area contributed by atoms with Gasteiger partial charge in [-0.2, -0.15) is 0 Å². The van der Waals surface area contributed by atoms with Crippen LogP contribution in [0.4, 0.5) is 11.4 Å². The van der Waals surface area contributed by atoms with Gasteiger partial charge in [0.2, 0.25) is 0 Å². The van der Waals surface area contributed by atoms with Gasteiger partial charge in [0.05, 0.1) is 0 Å². The Morgan fingerprint density at radius 2 is 1.45 bits per heavy atom. The van der Waals surface area contributed by atoms with Crippen LogP contribution in [0.15, 0.2) is 77.1 Å². The van der Waals surface area contributed by atoms with E-state index < -0.39 is 0 Å². The predicted molar refractivity (Wildman–Crippen MR) is 110 cm³/mol. The Balaban J connectivity index is 1.55. The Morgan fingerprint density at radius 3 is 2.17 bits per heavy atom. The third kappa shape index (κ3) is 5.62. The summed E-state index contributed by atoms with van der Waals surface area (Å²) in [5, 5.41) is 5.95. The lowest BCUT2D eigenvalue weighted by Gasteiger charge is -2.12. The summed E-state index contributed by atoms with van der Waals surface area (Å²) in [5.74, 6) is 1.24. The highest BCUT2D eigenvalue weighted by atomic mass is 16.5. The molecule has 0 fully saturated rings.